The van der Waals surface area contributed by atoms with Crippen molar-refractivity contribution in [2.45, 2.75) is 13.8 Å². The van der Waals surface area contributed by atoms with Crippen molar-refractivity contribution in [1.82, 2.24) is 5.32 Å². The molecule has 0 unspecified atom stereocenters. The molecule has 0 saturated carbocycles. The predicted molar refractivity (Wildman–Crippen MR) is 36.2 cm³/mol. The summed E-state index contributed by atoms with van der Waals surface area (Å²) < 4.78 is 0. The molecular formula is C6H12N2. The van der Waals surface area contributed by atoms with Crippen molar-refractivity contribution < 1.29 is 0 Å². The first kappa shape index (κ1) is 7.21. The molecule has 0 amide bonds. The average Bonchev–Trinajstić information content (AvgIpc) is 1.83. The summed E-state index contributed by atoms with van der Waals surface area (Å²) in [4.78, 5) is 0. The van der Waals surface area contributed by atoms with E-state index in [4.69, 9.17) is 5.41 Å². The van der Waals surface area contributed by atoms with Crippen molar-refractivity contribution in [1.29, 1.82) is 5.41 Å². The highest BCUT2D eigenvalue weighted by Crippen LogP contribution is 1.79. The molecule has 2 heteroatoms. The monoisotopic (exact) mass is 112 g/mol. The van der Waals surface area contributed by atoms with Gasteiger partial charge in [0.25, 0.3) is 0 Å². The van der Waals surface area contributed by atoms with Crippen LogP contribution in [-0.2, 0) is 0 Å². The van der Waals surface area contributed by atoms with Crippen molar-refractivity contribution in [2.24, 2.45) is 0 Å². The molecule has 2 nitrogen and oxygen atoms in total. The number of hydrogen-bond donors (Lipinski definition) is 2. The van der Waals surface area contributed by atoms with E-state index < -0.39 is 0 Å². The molecule has 0 radical (unpaired) electrons. The summed E-state index contributed by atoms with van der Waals surface area (Å²) in [5.74, 6) is 0. The largest absolute Gasteiger partial charge is 0.391 e. The van der Waals surface area contributed by atoms with Crippen LogP contribution in [0.3, 0.4) is 0 Å². The van der Waals surface area contributed by atoms with Gasteiger partial charge in [0.2, 0.25) is 0 Å². The lowest BCUT2D eigenvalue weighted by atomic mass is 10.4. The Morgan fingerprint density at radius 3 is 2.75 bits per heavy atom. The molecule has 0 aliphatic rings. The van der Waals surface area contributed by atoms with Crippen LogP contribution in [0.5, 0.6) is 0 Å². The Morgan fingerprint density at radius 2 is 2.38 bits per heavy atom. The fourth-order valence-electron chi connectivity index (χ4n) is 0.305. The molecule has 0 saturated heterocycles. The van der Waals surface area contributed by atoms with Gasteiger partial charge in [-0.15, -0.1) is 0 Å². The third kappa shape index (κ3) is 3.40. The lowest BCUT2D eigenvalue weighted by Gasteiger charge is -1.91. The molecule has 0 rings (SSSR count). The summed E-state index contributed by atoms with van der Waals surface area (Å²) in [5.41, 5.74) is 0.951. The van der Waals surface area contributed by atoms with E-state index in [-0.39, 0.29) is 0 Å². The van der Waals surface area contributed by atoms with Gasteiger partial charge >= 0.3 is 0 Å². The van der Waals surface area contributed by atoms with Crippen LogP contribution in [0.4, 0.5) is 0 Å². The predicted octanol–water partition coefficient (Wildman–Crippen LogP) is 1.15. The highest BCUT2D eigenvalue weighted by Gasteiger charge is 1.75. The molecule has 0 fully saturated rings. The molecule has 8 heavy (non-hydrogen) atoms. The van der Waals surface area contributed by atoms with Crippen LogP contribution in [0, 0.1) is 5.41 Å². The molecule has 0 spiro atoms. The zero-order valence-electron chi connectivity index (χ0n) is 5.36. The second-order valence-electron chi connectivity index (χ2n) is 1.59. The molecule has 0 aromatic rings. The number of rotatable bonds is 3. The second-order valence-corrected chi connectivity index (χ2v) is 1.59. The fraction of sp³-hybridized carbons (Fsp3) is 0.500. The van der Waals surface area contributed by atoms with Gasteiger partial charge in [-0.2, -0.15) is 0 Å². The second kappa shape index (κ2) is 4.37. The Hall–Kier alpha value is -0.790. The fourth-order valence-corrected chi connectivity index (χ4v) is 0.305. The molecule has 0 heterocycles. The first-order valence-corrected chi connectivity index (χ1v) is 2.72. The third-order valence-electron chi connectivity index (χ3n) is 0.762. The minimum atomic E-state index is 0.922. The van der Waals surface area contributed by atoms with E-state index in [1.807, 2.05) is 20.0 Å². The summed E-state index contributed by atoms with van der Waals surface area (Å²) in [6.07, 6.45) is 3.15. The van der Waals surface area contributed by atoms with E-state index in [0.717, 1.165) is 12.1 Å². The summed E-state index contributed by atoms with van der Waals surface area (Å²) in [7, 11) is 0. The SMILES string of the molecule is CCN/C=C(\C)C=N. The molecule has 0 aliphatic heterocycles. The van der Waals surface area contributed by atoms with Crippen LogP contribution in [0.25, 0.3) is 0 Å². The minimum Gasteiger partial charge on any atom is -0.391 e. The maximum atomic E-state index is 6.75. The lowest BCUT2D eigenvalue weighted by Crippen LogP contribution is -2.03. The van der Waals surface area contributed by atoms with Crippen LogP contribution >= 0.6 is 0 Å². The molecular weight excluding hydrogens is 100 g/mol. The van der Waals surface area contributed by atoms with Gasteiger partial charge in [-0.1, -0.05) is 0 Å². The topological polar surface area (TPSA) is 35.9 Å². The van der Waals surface area contributed by atoms with Crippen LogP contribution in [-0.4, -0.2) is 12.8 Å². The molecule has 0 atom stereocenters. The molecule has 2 N–H and O–H groups in total. The lowest BCUT2D eigenvalue weighted by molar-refractivity contribution is 0.914. The Labute approximate surface area is 50.1 Å². The van der Waals surface area contributed by atoms with Crippen molar-refractivity contribution in [3.63, 3.8) is 0 Å². The number of allylic oxidation sites excluding steroid dienone is 1. The first-order chi connectivity index (χ1) is 3.81. The molecule has 0 bridgehead atoms. The summed E-state index contributed by atoms with van der Waals surface area (Å²) >= 11 is 0. The van der Waals surface area contributed by atoms with Gasteiger partial charge in [0.1, 0.15) is 0 Å². The standard InChI is InChI=1S/C6H12N2/c1-3-8-5-6(2)4-7/h4-5,7-8H,3H2,1-2H3/b6-5+,7-4?. The van der Waals surface area contributed by atoms with E-state index in [9.17, 15) is 0 Å². The van der Waals surface area contributed by atoms with Gasteiger partial charge < -0.3 is 10.7 Å². The maximum absolute atomic E-state index is 6.75. The van der Waals surface area contributed by atoms with Gasteiger partial charge in [0.15, 0.2) is 0 Å². The zero-order chi connectivity index (χ0) is 6.41. The van der Waals surface area contributed by atoms with Crippen molar-refractivity contribution in [3.05, 3.63) is 11.8 Å². The highest BCUT2D eigenvalue weighted by molar-refractivity contribution is 5.74. The van der Waals surface area contributed by atoms with Crippen LogP contribution in [0.1, 0.15) is 13.8 Å². The average molecular weight is 112 g/mol. The van der Waals surface area contributed by atoms with Gasteiger partial charge in [0.05, 0.1) is 0 Å². The quantitative estimate of drug-likeness (QED) is 0.528. The number of nitrogens with one attached hydrogen (secondary N) is 2. The smallest absolute Gasteiger partial charge is 0.0221 e. The minimum absolute atomic E-state index is 0.922. The molecule has 0 aliphatic carbocycles. The summed E-state index contributed by atoms with van der Waals surface area (Å²) in [6.45, 7) is 4.83. The van der Waals surface area contributed by atoms with Crippen molar-refractivity contribution in [3.8, 4) is 0 Å². The van der Waals surface area contributed by atoms with E-state index >= 15 is 0 Å². The van der Waals surface area contributed by atoms with Crippen molar-refractivity contribution >= 4 is 6.21 Å². The van der Waals surface area contributed by atoms with E-state index in [1.165, 1.54) is 6.21 Å². The third-order valence-corrected chi connectivity index (χ3v) is 0.762. The van der Waals surface area contributed by atoms with Crippen LogP contribution < -0.4 is 5.32 Å². The van der Waals surface area contributed by atoms with E-state index in [1.54, 1.807) is 0 Å². The highest BCUT2D eigenvalue weighted by atomic mass is 14.8. The van der Waals surface area contributed by atoms with Gasteiger partial charge in [-0.05, 0) is 19.4 Å². The maximum Gasteiger partial charge on any atom is 0.0221 e. The molecule has 0 aromatic heterocycles. The Balaban J connectivity index is 3.40. The van der Waals surface area contributed by atoms with Crippen molar-refractivity contribution in [2.75, 3.05) is 6.54 Å². The summed E-state index contributed by atoms with van der Waals surface area (Å²) in [6, 6.07) is 0. The van der Waals surface area contributed by atoms with Crippen LogP contribution in [0.2, 0.25) is 0 Å². The Bertz CT molecular complexity index is 94.7. The van der Waals surface area contributed by atoms with Crippen LogP contribution in [0.15, 0.2) is 11.8 Å². The zero-order valence-corrected chi connectivity index (χ0v) is 5.36. The normalized spacial score (nSPS) is 11.0. The van der Waals surface area contributed by atoms with E-state index in [0.29, 0.717) is 0 Å². The Kier molecular flexibility index (Phi) is 3.94. The van der Waals surface area contributed by atoms with E-state index in [2.05, 4.69) is 5.32 Å². The Morgan fingerprint density at radius 1 is 1.75 bits per heavy atom. The molecule has 0 aromatic carbocycles. The van der Waals surface area contributed by atoms with Gasteiger partial charge in [0, 0.05) is 19.0 Å². The van der Waals surface area contributed by atoms with Gasteiger partial charge in [-0.25, -0.2) is 0 Å². The molecule has 46 valence electrons. The first-order valence-electron chi connectivity index (χ1n) is 2.72. The summed E-state index contributed by atoms with van der Waals surface area (Å²) in [5, 5.41) is 9.74. The van der Waals surface area contributed by atoms with Gasteiger partial charge in [-0.3, -0.25) is 0 Å². The number of hydrogen-bond acceptors (Lipinski definition) is 2.